The molecule has 0 bridgehead atoms. The topological polar surface area (TPSA) is 52.8 Å². The van der Waals surface area contributed by atoms with Gasteiger partial charge in [0.1, 0.15) is 18.9 Å². The van der Waals surface area contributed by atoms with E-state index >= 15 is 0 Å². The van der Waals surface area contributed by atoms with Crippen LogP contribution < -0.4 is 9.47 Å². The number of aromatic nitrogens is 2. The second-order valence-electron chi connectivity index (χ2n) is 5.29. The summed E-state index contributed by atoms with van der Waals surface area (Å²) in [6.07, 6.45) is 4.54. The summed E-state index contributed by atoms with van der Waals surface area (Å²) in [6.45, 7) is 3.08. The van der Waals surface area contributed by atoms with Crippen molar-refractivity contribution in [1.82, 2.24) is 9.38 Å². The lowest BCUT2D eigenvalue weighted by Gasteiger charge is -2.18. The highest BCUT2D eigenvalue weighted by Gasteiger charge is 2.14. The van der Waals surface area contributed by atoms with Crippen molar-refractivity contribution in [2.45, 2.75) is 6.92 Å². The second kappa shape index (κ2) is 4.87. The number of rotatable bonds is 2. The van der Waals surface area contributed by atoms with Gasteiger partial charge >= 0.3 is 0 Å². The Balaban J connectivity index is 1.84. The number of ether oxygens (including phenoxy) is 2. The smallest absolute Gasteiger partial charge is 0.162 e. The fourth-order valence-electron chi connectivity index (χ4n) is 2.70. The van der Waals surface area contributed by atoms with Crippen molar-refractivity contribution in [3.63, 3.8) is 0 Å². The molecule has 2 aromatic heterocycles. The quantitative estimate of drug-likeness (QED) is 0.682. The molecule has 0 spiro atoms. The summed E-state index contributed by atoms with van der Waals surface area (Å²) in [6, 6.07) is 7.64. The lowest BCUT2D eigenvalue weighted by Crippen LogP contribution is -2.15. The molecular weight excluding hydrogens is 280 g/mol. The SMILES string of the molecule is Cc1cc(C=O)cn2cc(-c3ccc4c(c3)OCCO4)nc12. The van der Waals surface area contributed by atoms with E-state index in [0.29, 0.717) is 18.8 Å². The van der Waals surface area contributed by atoms with Crippen LogP contribution in [0.3, 0.4) is 0 Å². The van der Waals surface area contributed by atoms with Crippen molar-refractivity contribution in [2.24, 2.45) is 0 Å². The standard InChI is InChI=1S/C17H14N2O3/c1-11-6-12(10-20)8-19-9-14(18-17(11)19)13-2-3-15-16(7-13)22-5-4-21-15/h2-3,6-10H,4-5H2,1H3. The third kappa shape index (κ3) is 2.02. The number of imidazole rings is 1. The van der Waals surface area contributed by atoms with Crippen LogP contribution in [-0.2, 0) is 0 Å². The molecule has 22 heavy (non-hydrogen) atoms. The van der Waals surface area contributed by atoms with Gasteiger partial charge in [-0.3, -0.25) is 4.79 Å². The Morgan fingerprint density at radius 1 is 1.14 bits per heavy atom. The number of pyridine rings is 1. The molecule has 0 aliphatic carbocycles. The van der Waals surface area contributed by atoms with E-state index in [1.165, 1.54) is 0 Å². The highest BCUT2D eigenvalue weighted by Crippen LogP contribution is 2.34. The second-order valence-corrected chi connectivity index (χ2v) is 5.29. The van der Waals surface area contributed by atoms with Crippen molar-refractivity contribution >= 4 is 11.9 Å². The molecule has 0 unspecified atom stereocenters. The van der Waals surface area contributed by atoms with E-state index in [9.17, 15) is 4.79 Å². The third-order valence-electron chi connectivity index (χ3n) is 3.73. The average molecular weight is 294 g/mol. The van der Waals surface area contributed by atoms with Gasteiger partial charge in [-0.1, -0.05) is 0 Å². The molecule has 0 radical (unpaired) electrons. The maximum atomic E-state index is 11.0. The van der Waals surface area contributed by atoms with E-state index in [-0.39, 0.29) is 0 Å². The monoisotopic (exact) mass is 294 g/mol. The van der Waals surface area contributed by atoms with Crippen molar-refractivity contribution in [3.05, 3.63) is 47.8 Å². The number of hydrogen-bond donors (Lipinski definition) is 0. The summed E-state index contributed by atoms with van der Waals surface area (Å²) < 4.78 is 13.0. The number of fused-ring (bicyclic) bond motifs is 2. The molecule has 1 aromatic carbocycles. The fraction of sp³-hybridized carbons (Fsp3) is 0.176. The minimum Gasteiger partial charge on any atom is -0.486 e. The number of carbonyl (C=O) groups excluding carboxylic acids is 1. The number of benzene rings is 1. The zero-order valence-corrected chi connectivity index (χ0v) is 12.1. The summed E-state index contributed by atoms with van der Waals surface area (Å²) in [5, 5.41) is 0. The predicted molar refractivity (Wildman–Crippen MR) is 81.7 cm³/mol. The Kier molecular flexibility index (Phi) is 2.85. The summed E-state index contributed by atoms with van der Waals surface area (Å²) >= 11 is 0. The van der Waals surface area contributed by atoms with Crippen LogP contribution in [0, 0.1) is 6.92 Å². The van der Waals surface area contributed by atoms with Crippen LogP contribution in [0.2, 0.25) is 0 Å². The first-order valence-corrected chi connectivity index (χ1v) is 7.09. The van der Waals surface area contributed by atoms with Gasteiger partial charge in [0.25, 0.3) is 0 Å². The minimum absolute atomic E-state index is 0.559. The van der Waals surface area contributed by atoms with E-state index in [0.717, 1.165) is 40.3 Å². The molecule has 1 aliphatic rings. The molecule has 0 fully saturated rings. The molecule has 5 nitrogen and oxygen atoms in total. The zero-order chi connectivity index (χ0) is 15.1. The van der Waals surface area contributed by atoms with Crippen LogP contribution >= 0.6 is 0 Å². The third-order valence-corrected chi connectivity index (χ3v) is 3.73. The molecule has 3 aromatic rings. The van der Waals surface area contributed by atoms with E-state index in [1.54, 1.807) is 6.20 Å². The summed E-state index contributed by atoms with van der Waals surface area (Å²) in [5.41, 5.74) is 4.24. The molecule has 0 saturated heterocycles. The molecule has 4 rings (SSSR count). The van der Waals surface area contributed by atoms with Crippen molar-refractivity contribution in [3.8, 4) is 22.8 Å². The van der Waals surface area contributed by atoms with Crippen LogP contribution in [0.1, 0.15) is 15.9 Å². The number of nitrogens with zero attached hydrogens (tertiary/aromatic N) is 2. The summed E-state index contributed by atoms with van der Waals surface area (Å²) in [5.74, 6) is 1.50. The van der Waals surface area contributed by atoms with Gasteiger partial charge in [-0.2, -0.15) is 0 Å². The largest absolute Gasteiger partial charge is 0.486 e. The van der Waals surface area contributed by atoms with Gasteiger partial charge in [-0.05, 0) is 36.8 Å². The molecule has 0 saturated carbocycles. The highest BCUT2D eigenvalue weighted by atomic mass is 16.6. The average Bonchev–Trinajstić information content (AvgIpc) is 2.99. The first kappa shape index (κ1) is 12.9. The Hall–Kier alpha value is -2.82. The van der Waals surface area contributed by atoms with Crippen LogP contribution in [0.25, 0.3) is 16.9 Å². The Labute approximate surface area is 127 Å². The molecule has 110 valence electrons. The first-order valence-electron chi connectivity index (χ1n) is 7.09. The van der Waals surface area contributed by atoms with Crippen LogP contribution in [-0.4, -0.2) is 28.9 Å². The minimum atomic E-state index is 0.559. The maximum Gasteiger partial charge on any atom is 0.162 e. The summed E-state index contributed by atoms with van der Waals surface area (Å²) in [4.78, 5) is 15.6. The predicted octanol–water partition coefficient (Wildman–Crippen LogP) is 2.89. The molecule has 5 heteroatoms. The molecular formula is C17H14N2O3. The Bertz CT molecular complexity index is 883. The number of aldehydes is 1. The van der Waals surface area contributed by atoms with Crippen LogP contribution in [0.5, 0.6) is 11.5 Å². The Morgan fingerprint density at radius 2 is 1.95 bits per heavy atom. The van der Waals surface area contributed by atoms with Crippen LogP contribution in [0.15, 0.2) is 36.7 Å². The van der Waals surface area contributed by atoms with Gasteiger partial charge < -0.3 is 13.9 Å². The molecule has 0 N–H and O–H groups in total. The van der Waals surface area contributed by atoms with Gasteiger partial charge in [0, 0.05) is 23.5 Å². The fourth-order valence-corrected chi connectivity index (χ4v) is 2.70. The van der Waals surface area contributed by atoms with Gasteiger partial charge in [-0.25, -0.2) is 4.98 Å². The number of hydrogen-bond acceptors (Lipinski definition) is 4. The molecule has 1 aliphatic heterocycles. The van der Waals surface area contributed by atoms with Gasteiger partial charge in [-0.15, -0.1) is 0 Å². The molecule has 3 heterocycles. The van der Waals surface area contributed by atoms with E-state index in [1.807, 2.05) is 41.8 Å². The highest BCUT2D eigenvalue weighted by molar-refractivity contribution is 5.77. The Morgan fingerprint density at radius 3 is 2.77 bits per heavy atom. The lowest BCUT2D eigenvalue weighted by atomic mass is 10.1. The van der Waals surface area contributed by atoms with E-state index in [2.05, 4.69) is 4.98 Å². The van der Waals surface area contributed by atoms with E-state index in [4.69, 9.17) is 9.47 Å². The van der Waals surface area contributed by atoms with Crippen molar-refractivity contribution in [1.29, 1.82) is 0 Å². The van der Waals surface area contributed by atoms with Gasteiger partial charge in [0.05, 0.1) is 5.69 Å². The molecule has 0 amide bonds. The van der Waals surface area contributed by atoms with E-state index < -0.39 is 0 Å². The molecule has 0 atom stereocenters. The van der Waals surface area contributed by atoms with Crippen molar-refractivity contribution < 1.29 is 14.3 Å². The normalized spacial score (nSPS) is 13.3. The van der Waals surface area contributed by atoms with Gasteiger partial charge in [0.2, 0.25) is 0 Å². The van der Waals surface area contributed by atoms with Crippen LogP contribution in [0.4, 0.5) is 0 Å². The lowest BCUT2D eigenvalue weighted by molar-refractivity contribution is 0.112. The first-order chi connectivity index (χ1) is 10.7. The van der Waals surface area contributed by atoms with Gasteiger partial charge in [0.15, 0.2) is 17.8 Å². The number of aryl methyl sites for hydroxylation is 1. The number of carbonyl (C=O) groups is 1. The summed E-state index contributed by atoms with van der Waals surface area (Å²) in [7, 11) is 0. The van der Waals surface area contributed by atoms with Crippen molar-refractivity contribution in [2.75, 3.05) is 13.2 Å². The zero-order valence-electron chi connectivity index (χ0n) is 12.1. The maximum absolute atomic E-state index is 11.0.